The van der Waals surface area contributed by atoms with Crippen LogP contribution >= 0.6 is 22.9 Å². The highest BCUT2D eigenvalue weighted by Gasteiger charge is 2.18. The Labute approximate surface area is 149 Å². The molecule has 0 spiro atoms. The van der Waals surface area contributed by atoms with Gasteiger partial charge in [-0.1, -0.05) is 61.0 Å². The minimum absolute atomic E-state index is 0.261. The van der Waals surface area contributed by atoms with E-state index in [1.807, 2.05) is 61.5 Å². The molecule has 3 nitrogen and oxygen atoms in total. The van der Waals surface area contributed by atoms with Crippen LogP contribution in [0.1, 0.15) is 19.8 Å². The standard InChI is InChI=1S/C19H16ClNO2S/c1-2-6-16(22)23-18-17(13-7-4-3-5-8-13)24-19(21-18)14-9-11-15(20)12-10-14/h3-5,7-12H,2,6H2,1H3. The number of aromatic nitrogens is 1. The second kappa shape index (κ2) is 7.60. The number of nitrogens with zero attached hydrogens (tertiary/aromatic N) is 1. The summed E-state index contributed by atoms with van der Waals surface area (Å²) in [4.78, 5) is 17.3. The van der Waals surface area contributed by atoms with Crippen molar-refractivity contribution in [1.82, 2.24) is 4.98 Å². The number of carbonyl (C=O) groups is 1. The highest BCUT2D eigenvalue weighted by atomic mass is 35.5. The van der Waals surface area contributed by atoms with Crippen molar-refractivity contribution in [3.8, 4) is 26.9 Å². The fourth-order valence-corrected chi connectivity index (χ4v) is 3.36. The van der Waals surface area contributed by atoms with Crippen LogP contribution in [-0.2, 0) is 4.79 Å². The first-order valence-corrected chi connectivity index (χ1v) is 8.89. The average molecular weight is 358 g/mol. The number of esters is 1. The summed E-state index contributed by atoms with van der Waals surface area (Å²) in [6, 6.07) is 17.3. The smallest absolute Gasteiger partial charge is 0.312 e. The average Bonchev–Trinajstić information content (AvgIpc) is 3.00. The molecular formula is C19H16ClNO2S. The molecule has 0 radical (unpaired) electrons. The summed E-state index contributed by atoms with van der Waals surface area (Å²) in [5.74, 6) is 0.109. The molecule has 0 atom stereocenters. The van der Waals surface area contributed by atoms with Gasteiger partial charge in [0.25, 0.3) is 0 Å². The van der Waals surface area contributed by atoms with Gasteiger partial charge in [-0.2, -0.15) is 0 Å². The second-order valence-corrected chi connectivity index (χ2v) is 6.69. The van der Waals surface area contributed by atoms with E-state index >= 15 is 0 Å². The molecule has 0 amide bonds. The summed E-state index contributed by atoms with van der Waals surface area (Å²) in [5.41, 5.74) is 1.92. The quantitative estimate of drug-likeness (QED) is 0.539. The SMILES string of the molecule is CCCC(=O)Oc1nc(-c2ccc(Cl)cc2)sc1-c1ccccc1. The first-order valence-electron chi connectivity index (χ1n) is 7.70. The van der Waals surface area contributed by atoms with Gasteiger partial charge in [-0.3, -0.25) is 4.79 Å². The van der Waals surface area contributed by atoms with E-state index in [2.05, 4.69) is 4.98 Å². The molecule has 0 aliphatic heterocycles. The van der Waals surface area contributed by atoms with E-state index in [9.17, 15) is 4.79 Å². The summed E-state index contributed by atoms with van der Waals surface area (Å²) in [6.07, 6.45) is 1.12. The fourth-order valence-electron chi connectivity index (χ4n) is 2.23. The van der Waals surface area contributed by atoms with Crippen molar-refractivity contribution in [2.45, 2.75) is 19.8 Å². The second-order valence-electron chi connectivity index (χ2n) is 5.25. The predicted octanol–water partition coefficient (Wildman–Crippen LogP) is 5.84. The van der Waals surface area contributed by atoms with E-state index in [1.165, 1.54) is 11.3 Å². The van der Waals surface area contributed by atoms with Gasteiger partial charge in [0, 0.05) is 17.0 Å². The largest absolute Gasteiger partial charge is 0.406 e. The maximum Gasteiger partial charge on any atom is 0.312 e. The summed E-state index contributed by atoms with van der Waals surface area (Å²) in [7, 11) is 0. The Balaban J connectivity index is 2.01. The number of rotatable bonds is 5. The molecule has 1 heterocycles. The van der Waals surface area contributed by atoms with Crippen LogP contribution in [0.2, 0.25) is 5.02 Å². The van der Waals surface area contributed by atoms with Crippen molar-refractivity contribution >= 4 is 28.9 Å². The van der Waals surface area contributed by atoms with Crippen LogP contribution in [0.5, 0.6) is 5.88 Å². The molecule has 0 aliphatic rings. The molecule has 0 bridgehead atoms. The monoisotopic (exact) mass is 357 g/mol. The van der Waals surface area contributed by atoms with Crippen molar-refractivity contribution in [3.05, 3.63) is 59.6 Å². The zero-order valence-corrected chi connectivity index (χ0v) is 14.7. The topological polar surface area (TPSA) is 39.2 Å². The maximum absolute atomic E-state index is 11.9. The van der Waals surface area contributed by atoms with Crippen molar-refractivity contribution in [1.29, 1.82) is 0 Å². The summed E-state index contributed by atoms with van der Waals surface area (Å²) < 4.78 is 5.50. The molecule has 0 saturated heterocycles. The van der Waals surface area contributed by atoms with Gasteiger partial charge in [0.2, 0.25) is 5.88 Å². The molecule has 0 aliphatic carbocycles. The Bertz CT molecular complexity index is 828. The molecule has 0 fully saturated rings. The van der Waals surface area contributed by atoms with Gasteiger partial charge in [0.05, 0.1) is 4.88 Å². The third-order valence-electron chi connectivity index (χ3n) is 3.39. The molecule has 5 heteroatoms. The van der Waals surface area contributed by atoms with Crippen LogP contribution in [0.25, 0.3) is 21.0 Å². The highest BCUT2D eigenvalue weighted by molar-refractivity contribution is 7.18. The van der Waals surface area contributed by atoms with Crippen LogP contribution in [-0.4, -0.2) is 11.0 Å². The number of hydrogen-bond acceptors (Lipinski definition) is 4. The Morgan fingerprint density at radius 1 is 1.08 bits per heavy atom. The van der Waals surface area contributed by atoms with Crippen molar-refractivity contribution in [3.63, 3.8) is 0 Å². The molecule has 24 heavy (non-hydrogen) atoms. The van der Waals surface area contributed by atoms with Gasteiger partial charge in [-0.25, -0.2) is 4.98 Å². The molecule has 0 N–H and O–H groups in total. The zero-order chi connectivity index (χ0) is 16.9. The summed E-state index contributed by atoms with van der Waals surface area (Å²) in [5, 5.41) is 1.47. The molecule has 1 aromatic heterocycles. The molecule has 3 rings (SSSR count). The van der Waals surface area contributed by atoms with Crippen LogP contribution < -0.4 is 4.74 Å². The Kier molecular flexibility index (Phi) is 5.28. The van der Waals surface area contributed by atoms with E-state index in [0.717, 1.165) is 27.4 Å². The van der Waals surface area contributed by atoms with Crippen molar-refractivity contribution in [2.75, 3.05) is 0 Å². The number of hydrogen-bond donors (Lipinski definition) is 0. The molecule has 0 unspecified atom stereocenters. The minimum atomic E-state index is -0.261. The highest BCUT2D eigenvalue weighted by Crippen LogP contribution is 2.40. The lowest BCUT2D eigenvalue weighted by atomic mass is 10.2. The number of ether oxygens (including phenoxy) is 1. The Morgan fingerprint density at radius 2 is 1.79 bits per heavy atom. The lowest BCUT2D eigenvalue weighted by Gasteiger charge is -2.03. The minimum Gasteiger partial charge on any atom is -0.406 e. The van der Waals surface area contributed by atoms with E-state index in [4.69, 9.17) is 16.3 Å². The first-order chi connectivity index (χ1) is 11.7. The lowest BCUT2D eigenvalue weighted by Crippen LogP contribution is -2.07. The normalized spacial score (nSPS) is 10.6. The third kappa shape index (κ3) is 3.83. The van der Waals surface area contributed by atoms with E-state index in [0.29, 0.717) is 17.3 Å². The fraction of sp³-hybridized carbons (Fsp3) is 0.158. The summed E-state index contributed by atoms with van der Waals surface area (Å²) >= 11 is 7.45. The van der Waals surface area contributed by atoms with Crippen LogP contribution in [0.15, 0.2) is 54.6 Å². The van der Waals surface area contributed by atoms with E-state index in [-0.39, 0.29) is 5.97 Å². The Morgan fingerprint density at radius 3 is 2.46 bits per heavy atom. The Hall–Kier alpha value is -2.17. The van der Waals surface area contributed by atoms with Gasteiger partial charge in [0.1, 0.15) is 5.01 Å². The molecule has 2 aromatic carbocycles. The van der Waals surface area contributed by atoms with Gasteiger partial charge in [0.15, 0.2) is 0 Å². The number of thiazole rings is 1. The zero-order valence-electron chi connectivity index (χ0n) is 13.2. The predicted molar refractivity (Wildman–Crippen MR) is 98.5 cm³/mol. The third-order valence-corrected chi connectivity index (χ3v) is 4.77. The lowest BCUT2D eigenvalue weighted by molar-refractivity contribution is -0.134. The van der Waals surface area contributed by atoms with Crippen LogP contribution in [0, 0.1) is 0 Å². The molecule has 3 aromatic rings. The van der Waals surface area contributed by atoms with Gasteiger partial charge in [-0.05, 0) is 24.1 Å². The number of halogens is 1. The maximum atomic E-state index is 11.9. The number of carbonyl (C=O) groups excluding carboxylic acids is 1. The van der Waals surface area contributed by atoms with E-state index in [1.54, 1.807) is 0 Å². The van der Waals surface area contributed by atoms with E-state index < -0.39 is 0 Å². The molecule has 122 valence electrons. The van der Waals surface area contributed by atoms with Crippen LogP contribution in [0.4, 0.5) is 0 Å². The van der Waals surface area contributed by atoms with Crippen LogP contribution in [0.3, 0.4) is 0 Å². The van der Waals surface area contributed by atoms with Crippen molar-refractivity contribution < 1.29 is 9.53 Å². The van der Waals surface area contributed by atoms with Gasteiger partial charge in [-0.15, -0.1) is 11.3 Å². The van der Waals surface area contributed by atoms with Gasteiger partial charge < -0.3 is 4.74 Å². The number of benzene rings is 2. The van der Waals surface area contributed by atoms with Crippen molar-refractivity contribution in [2.24, 2.45) is 0 Å². The first kappa shape index (κ1) is 16.7. The molecule has 0 saturated carbocycles. The van der Waals surface area contributed by atoms with Gasteiger partial charge >= 0.3 is 5.97 Å². The molecular weight excluding hydrogens is 342 g/mol. The summed E-state index contributed by atoms with van der Waals surface area (Å²) in [6.45, 7) is 1.94.